The van der Waals surface area contributed by atoms with Crippen LogP contribution in [0.15, 0.2) is 169 Å². The Morgan fingerprint density at radius 3 is 1.87 bits per heavy atom. The van der Waals surface area contributed by atoms with E-state index in [2.05, 4.69) is 47.0 Å². The van der Waals surface area contributed by atoms with Crippen molar-refractivity contribution in [3.05, 3.63) is 225 Å². The Balaban J connectivity index is 1.09. The molecule has 0 unspecified atom stereocenters. The van der Waals surface area contributed by atoms with Crippen molar-refractivity contribution in [3.63, 3.8) is 0 Å². The SMILES string of the molecule is O=C(/C=C/c1ccc(/C=C2\SC(=O)NC2=O)cc1)NC[C@@H]1C[C@@H](SC(c2ccccc2)(c2ccccc2)c2ccccc2)CN1C(=O)c1ccccc1C(=O)c1ccc(F)cc1F. The zero-order chi connectivity index (χ0) is 43.9. The van der Waals surface area contributed by atoms with Crippen molar-refractivity contribution in [2.45, 2.75) is 22.5 Å². The van der Waals surface area contributed by atoms with Gasteiger partial charge in [-0.3, -0.25) is 29.3 Å². The number of nitrogens with one attached hydrogen (secondary N) is 2. The molecule has 314 valence electrons. The van der Waals surface area contributed by atoms with Gasteiger partial charge in [-0.1, -0.05) is 133 Å². The quantitative estimate of drug-likeness (QED) is 0.0676. The molecule has 0 aliphatic carbocycles. The van der Waals surface area contributed by atoms with Crippen LogP contribution in [0.2, 0.25) is 0 Å². The number of likely N-dealkylation sites (tertiary alicyclic amines) is 1. The van der Waals surface area contributed by atoms with Crippen molar-refractivity contribution in [3.8, 4) is 0 Å². The largest absolute Gasteiger partial charge is 0.350 e. The van der Waals surface area contributed by atoms with Crippen molar-refractivity contribution in [2.24, 2.45) is 0 Å². The molecule has 4 amide bonds. The fourth-order valence-electron chi connectivity index (χ4n) is 7.94. The Kier molecular flexibility index (Phi) is 12.9. The second-order valence-corrected chi connectivity index (χ2v) is 17.5. The number of carbonyl (C=O) groups excluding carboxylic acids is 5. The number of hydrogen-bond acceptors (Lipinski definition) is 7. The van der Waals surface area contributed by atoms with Crippen molar-refractivity contribution < 1.29 is 32.8 Å². The molecule has 0 bridgehead atoms. The molecule has 6 aromatic rings. The third kappa shape index (κ3) is 9.47. The Morgan fingerprint density at radius 2 is 1.30 bits per heavy atom. The molecule has 8 rings (SSSR count). The van der Waals surface area contributed by atoms with Gasteiger partial charge in [0.1, 0.15) is 11.6 Å². The third-order valence-corrected chi connectivity index (χ3v) is 13.5. The third-order valence-electron chi connectivity index (χ3n) is 10.9. The van der Waals surface area contributed by atoms with Crippen LogP contribution in [0.25, 0.3) is 12.2 Å². The molecule has 0 saturated carbocycles. The maximum absolute atomic E-state index is 14.9. The van der Waals surface area contributed by atoms with E-state index in [4.69, 9.17) is 0 Å². The predicted octanol–water partition coefficient (Wildman–Crippen LogP) is 9.66. The number of amides is 4. The van der Waals surface area contributed by atoms with Crippen molar-refractivity contribution >= 4 is 64.4 Å². The average molecular weight is 876 g/mol. The summed E-state index contributed by atoms with van der Waals surface area (Å²) in [5.74, 6) is -3.91. The maximum atomic E-state index is 14.9. The minimum absolute atomic E-state index is 0.0250. The number of nitrogens with zero attached hydrogens (tertiary/aromatic N) is 1. The fraction of sp³-hybridized carbons (Fsp3) is 0.118. The van der Waals surface area contributed by atoms with Gasteiger partial charge in [0.05, 0.1) is 26.8 Å². The summed E-state index contributed by atoms with van der Waals surface area (Å²) in [5.41, 5.74) is 4.26. The Labute approximate surface area is 371 Å². The molecule has 2 saturated heterocycles. The summed E-state index contributed by atoms with van der Waals surface area (Å²) in [7, 11) is 0. The standard InChI is InChI=1S/C51H39F2N3O5S2/c52-38-25-26-43(44(53)29-38)47(58)41-18-10-11-19-42(41)49(60)56-32-40(63-51(35-12-4-1-5-13-35,36-14-6-2-7-15-36)37-16-8-3-9-17-37)30-39(56)31-54-46(57)27-24-33-20-22-34(23-21-33)28-45-48(59)55-50(61)62-45/h1-29,39-40H,30-32H2,(H,54,57)(H,55,59,61)/b27-24+,45-28-/t39-,40+/m0/s1. The number of benzene rings is 6. The van der Waals surface area contributed by atoms with Crippen molar-refractivity contribution in [1.29, 1.82) is 0 Å². The summed E-state index contributed by atoms with van der Waals surface area (Å²) in [6.45, 7) is 0.354. The molecule has 2 aliphatic rings. The highest BCUT2D eigenvalue weighted by Gasteiger charge is 2.44. The summed E-state index contributed by atoms with van der Waals surface area (Å²) in [5, 5.41) is 4.62. The lowest BCUT2D eigenvalue weighted by Crippen LogP contribution is -2.43. The van der Waals surface area contributed by atoms with E-state index in [1.165, 1.54) is 18.2 Å². The molecule has 63 heavy (non-hydrogen) atoms. The molecule has 2 atom stereocenters. The highest BCUT2D eigenvalue weighted by atomic mass is 32.2. The van der Waals surface area contributed by atoms with Gasteiger partial charge in [0, 0.05) is 36.0 Å². The fourth-order valence-corrected chi connectivity index (χ4v) is 10.5. The molecule has 12 heteroatoms. The van der Waals surface area contributed by atoms with Crippen LogP contribution in [-0.2, 0) is 14.3 Å². The number of ketones is 1. The van der Waals surface area contributed by atoms with Gasteiger partial charge in [-0.05, 0) is 76.4 Å². The second-order valence-electron chi connectivity index (χ2n) is 15.0. The zero-order valence-corrected chi connectivity index (χ0v) is 35.2. The molecule has 2 fully saturated rings. The lowest BCUT2D eigenvalue weighted by molar-refractivity contribution is -0.117. The molecule has 6 aromatic carbocycles. The topological polar surface area (TPSA) is 113 Å². The summed E-state index contributed by atoms with van der Waals surface area (Å²) in [4.78, 5) is 67.5. The first kappa shape index (κ1) is 42.8. The van der Waals surface area contributed by atoms with Crippen molar-refractivity contribution in [2.75, 3.05) is 13.1 Å². The minimum atomic E-state index is -1.03. The summed E-state index contributed by atoms with van der Waals surface area (Å²) < 4.78 is 28.1. The lowest BCUT2D eigenvalue weighted by atomic mass is 9.84. The number of halogens is 2. The monoisotopic (exact) mass is 875 g/mol. The molecule has 2 aliphatic heterocycles. The molecule has 2 heterocycles. The van der Waals surface area contributed by atoms with Crippen molar-refractivity contribution in [1.82, 2.24) is 15.5 Å². The second kappa shape index (κ2) is 19.0. The van der Waals surface area contributed by atoms with Crippen LogP contribution in [0.1, 0.15) is 60.5 Å². The number of rotatable bonds is 13. The Hall–Kier alpha value is -6.89. The molecule has 0 aromatic heterocycles. The van der Waals surface area contributed by atoms with Crippen LogP contribution in [0.5, 0.6) is 0 Å². The molecular weight excluding hydrogens is 837 g/mol. The van der Waals surface area contributed by atoms with Crippen LogP contribution in [-0.4, -0.2) is 58.0 Å². The smallest absolute Gasteiger partial charge is 0.290 e. The first-order valence-corrected chi connectivity index (χ1v) is 21.8. The van der Waals surface area contributed by atoms with E-state index >= 15 is 0 Å². The van der Waals surface area contributed by atoms with Gasteiger partial charge in [-0.2, -0.15) is 0 Å². The molecule has 0 spiro atoms. The Morgan fingerprint density at radius 1 is 0.730 bits per heavy atom. The Bertz CT molecular complexity index is 2650. The van der Waals surface area contributed by atoms with Crippen LogP contribution < -0.4 is 10.6 Å². The molecule has 2 N–H and O–H groups in total. The van der Waals surface area contributed by atoms with Gasteiger partial charge < -0.3 is 10.2 Å². The van der Waals surface area contributed by atoms with Gasteiger partial charge in [0.25, 0.3) is 17.1 Å². The van der Waals surface area contributed by atoms with E-state index in [1.54, 1.807) is 65.2 Å². The van der Waals surface area contributed by atoms with Gasteiger partial charge in [-0.15, -0.1) is 11.8 Å². The van der Waals surface area contributed by atoms with E-state index in [0.717, 1.165) is 46.1 Å². The molecular formula is C51H39F2N3O5S2. The molecule has 8 nitrogen and oxygen atoms in total. The normalized spacial score (nSPS) is 17.0. The lowest BCUT2D eigenvalue weighted by Gasteiger charge is -2.37. The first-order chi connectivity index (χ1) is 30.6. The maximum Gasteiger partial charge on any atom is 0.290 e. The number of hydrogen-bond donors (Lipinski definition) is 2. The van der Waals surface area contributed by atoms with Gasteiger partial charge in [-0.25, -0.2) is 8.78 Å². The van der Waals surface area contributed by atoms with E-state index in [-0.39, 0.29) is 35.0 Å². The minimum Gasteiger partial charge on any atom is -0.350 e. The van der Waals surface area contributed by atoms with Crippen LogP contribution >= 0.6 is 23.5 Å². The molecule has 0 radical (unpaired) electrons. The first-order valence-electron chi connectivity index (χ1n) is 20.1. The van der Waals surface area contributed by atoms with Gasteiger partial charge in [0.2, 0.25) is 5.91 Å². The zero-order valence-electron chi connectivity index (χ0n) is 33.6. The number of imide groups is 1. The van der Waals surface area contributed by atoms with E-state index < -0.39 is 51.2 Å². The van der Waals surface area contributed by atoms with Crippen LogP contribution in [0, 0.1) is 11.6 Å². The predicted molar refractivity (Wildman–Crippen MR) is 244 cm³/mol. The van der Waals surface area contributed by atoms with E-state index in [9.17, 15) is 32.8 Å². The average Bonchev–Trinajstić information content (AvgIpc) is 3.87. The number of thioether (sulfide) groups is 2. The summed E-state index contributed by atoms with van der Waals surface area (Å²) in [6.07, 6.45) is 5.14. The van der Waals surface area contributed by atoms with Crippen LogP contribution in [0.3, 0.4) is 0 Å². The summed E-state index contributed by atoms with van der Waals surface area (Å²) in [6, 6.07) is 46.1. The van der Waals surface area contributed by atoms with Gasteiger partial charge >= 0.3 is 0 Å². The van der Waals surface area contributed by atoms with Crippen LogP contribution in [0.4, 0.5) is 13.6 Å². The highest BCUT2D eigenvalue weighted by Crippen LogP contribution is 2.52. The summed E-state index contributed by atoms with van der Waals surface area (Å²) >= 11 is 2.56. The van der Waals surface area contributed by atoms with Gasteiger partial charge in [0.15, 0.2) is 5.78 Å². The van der Waals surface area contributed by atoms with E-state index in [0.29, 0.717) is 23.0 Å². The highest BCUT2D eigenvalue weighted by molar-refractivity contribution is 8.18. The van der Waals surface area contributed by atoms with E-state index in [1.807, 2.05) is 54.6 Å². The number of carbonyl (C=O) groups is 5.